The van der Waals surface area contributed by atoms with Crippen LogP contribution < -0.4 is 15.4 Å². The zero-order chi connectivity index (χ0) is 19.4. The topological polar surface area (TPSA) is 63.2 Å². The highest BCUT2D eigenvalue weighted by molar-refractivity contribution is 6.32. The molecule has 0 aliphatic rings. The molecule has 2 N–H and O–H groups in total. The summed E-state index contributed by atoms with van der Waals surface area (Å²) in [6, 6.07) is 9.83. The number of hydrogen-bond acceptors (Lipinski definition) is 4. The van der Waals surface area contributed by atoms with Crippen molar-refractivity contribution in [3.63, 3.8) is 0 Å². The van der Waals surface area contributed by atoms with Gasteiger partial charge in [0, 0.05) is 23.6 Å². The van der Waals surface area contributed by atoms with E-state index in [1.807, 2.05) is 0 Å². The Morgan fingerprint density at radius 3 is 2.48 bits per heavy atom. The Hall–Kier alpha value is -3.19. The van der Waals surface area contributed by atoms with Crippen molar-refractivity contribution in [1.29, 1.82) is 0 Å². The van der Waals surface area contributed by atoms with E-state index in [0.29, 0.717) is 22.1 Å². The van der Waals surface area contributed by atoms with Gasteiger partial charge in [0.25, 0.3) is 5.91 Å². The highest BCUT2D eigenvalue weighted by Crippen LogP contribution is 2.28. The van der Waals surface area contributed by atoms with Gasteiger partial charge in [-0.25, -0.2) is 8.78 Å². The van der Waals surface area contributed by atoms with Crippen LogP contribution in [0.15, 0.2) is 54.9 Å². The number of anilines is 3. The van der Waals surface area contributed by atoms with Gasteiger partial charge in [0.2, 0.25) is 0 Å². The fourth-order valence-electron chi connectivity index (χ4n) is 2.32. The molecule has 0 bridgehead atoms. The highest BCUT2D eigenvalue weighted by Gasteiger charge is 2.10. The quantitative estimate of drug-likeness (QED) is 0.643. The SMILES string of the molecule is COc1ccc(Nc2cncc(C(=O)Nc3ccc(F)c(F)c3)c2)cc1Cl. The number of benzene rings is 2. The maximum Gasteiger partial charge on any atom is 0.257 e. The van der Waals surface area contributed by atoms with Crippen LogP contribution in [0.2, 0.25) is 5.02 Å². The van der Waals surface area contributed by atoms with Crippen molar-refractivity contribution < 1.29 is 18.3 Å². The molecular weight excluding hydrogens is 376 g/mol. The van der Waals surface area contributed by atoms with Gasteiger partial charge in [0.15, 0.2) is 11.6 Å². The predicted molar refractivity (Wildman–Crippen MR) is 99.8 cm³/mol. The second kappa shape index (κ2) is 8.01. The minimum absolute atomic E-state index is 0.138. The van der Waals surface area contributed by atoms with Crippen LogP contribution in [-0.2, 0) is 0 Å². The standard InChI is InChI=1S/C19H14ClF2N3O2/c1-27-18-5-3-12(7-15(18)20)24-14-6-11(9-23-10-14)19(26)25-13-2-4-16(21)17(22)8-13/h2-10,24H,1H3,(H,25,26). The second-order valence-corrected chi connectivity index (χ2v) is 5.93. The van der Waals surface area contributed by atoms with E-state index in [1.54, 1.807) is 24.3 Å². The number of aromatic nitrogens is 1. The van der Waals surface area contributed by atoms with E-state index in [9.17, 15) is 13.6 Å². The molecule has 2 aromatic carbocycles. The van der Waals surface area contributed by atoms with E-state index in [0.717, 1.165) is 12.1 Å². The fourth-order valence-corrected chi connectivity index (χ4v) is 2.58. The molecule has 0 unspecified atom stereocenters. The molecule has 138 valence electrons. The lowest BCUT2D eigenvalue weighted by molar-refractivity contribution is 0.102. The number of ether oxygens (including phenoxy) is 1. The van der Waals surface area contributed by atoms with E-state index < -0.39 is 17.5 Å². The number of halogens is 3. The number of rotatable bonds is 5. The number of carbonyl (C=O) groups excluding carboxylic acids is 1. The molecular formula is C19H14ClF2N3O2. The van der Waals surface area contributed by atoms with Crippen LogP contribution in [-0.4, -0.2) is 18.0 Å². The third-order valence-corrected chi connectivity index (χ3v) is 3.91. The lowest BCUT2D eigenvalue weighted by atomic mass is 10.2. The van der Waals surface area contributed by atoms with E-state index in [2.05, 4.69) is 15.6 Å². The average molecular weight is 390 g/mol. The number of methoxy groups -OCH3 is 1. The van der Waals surface area contributed by atoms with Crippen LogP contribution >= 0.6 is 11.6 Å². The fraction of sp³-hybridized carbons (Fsp3) is 0.0526. The summed E-state index contributed by atoms with van der Waals surface area (Å²) in [6.07, 6.45) is 2.90. The maximum absolute atomic E-state index is 13.3. The summed E-state index contributed by atoms with van der Waals surface area (Å²) in [4.78, 5) is 16.3. The van der Waals surface area contributed by atoms with Crippen LogP contribution in [0.25, 0.3) is 0 Å². The number of amides is 1. The van der Waals surface area contributed by atoms with Gasteiger partial charge in [-0.15, -0.1) is 0 Å². The van der Waals surface area contributed by atoms with Crippen LogP contribution in [0.5, 0.6) is 5.75 Å². The number of carbonyl (C=O) groups is 1. The first-order valence-electron chi connectivity index (χ1n) is 7.78. The smallest absolute Gasteiger partial charge is 0.257 e. The third kappa shape index (κ3) is 4.51. The normalized spacial score (nSPS) is 10.4. The first-order valence-corrected chi connectivity index (χ1v) is 8.16. The van der Waals surface area contributed by atoms with Gasteiger partial charge in [0.1, 0.15) is 5.75 Å². The van der Waals surface area contributed by atoms with Crippen LogP contribution in [0.1, 0.15) is 10.4 Å². The summed E-state index contributed by atoms with van der Waals surface area (Å²) in [7, 11) is 1.52. The molecule has 0 spiro atoms. The molecule has 0 atom stereocenters. The minimum atomic E-state index is -1.04. The van der Waals surface area contributed by atoms with E-state index in [-0.39, 0.29) is 11.3 Å². The van der Waals surface area contributed by atoms with Crippen molar-refractivity contribution in [3.8, 4) is 5.75 Å². The Morgan fingerprint density at radius 1 is 1.00 bits per heavy atom. The Bertz CT molecular complexity index is 998. The van der Waals surface area contributed by atoms with Gasteiger partial charge in [0.05, 0.1) is 29.6 Å². The van der Waals surface area contributed by atoms with E-state index in [4.69, 9.17) is 16.3 Å². The third-order valence-electron chi connectivity index (χ3n) is 3.62. The van der Waals surface area contributed by atoms with E-state index >= 15 is 0 Å². The molecule has 1 amide bonds. The highest BCUT2D eigenvalue weighted by atomic mass is 35.5. The van der Waals surface area contributed by atoms with Crippen molar-refractivity contribution in [3.05, 3.63) is 77.1 Å². The van der Waals surface area contributed by atoms with Gasteiger partial charge in [-0.05, 0) is 36.4 Å². The van der Waals surface area contributed by atoms with E-state index in [1.165, 1.54) is 25.6 Å². The first kappa shape index (κ1) is 18.6. The van der Waals surface area contributed by atoms with Gasteiger partial charge in [-0.1, -0.05) is 11.6 Å². The summed E-state index contributed by atoms with van der Waals surface area (Å²) in [5, 5.41) is 6.00. The van der Waals surface area contributed by atoms with Gasteiger partial charge < -0.3 is 15.4 Å². The van der Waals surface area contributed by atoms with Crippen LogP contribution in [0.4, 0.5) is 25.8 Å². The average Bonchev–Trinajstić information content (AvgIpc) is 2.65. The monoisotopic (exact) mass is 389 g/mol. The Labute approximate surface area is 159 Å². The first-order chi connectivity index (χ1) is 13.0. The van der Waals surface area contributed by atoms with Gasteiger partial charge >= 0.3 is 0 Å². The molecule has 1 heterocycles. The molecule has 27 heavy (non-hydrogen) atoms. The molecule has 0 saturated carbocycles. The molecule has 0 aliphatic heterocycles. The molecule has 1 aromatic heterocycles. The number of hydrogen-bond donors (Lipinski definition) is 2. The molecule has 5 nitrogen and oxygen atoms in total. The molecule has 0 aliphatic carbocycles. The lowest BCUT2D eigenvalue weighted by Crippen LogP contribution is -2.12. The Balaban J connectivity index is 1.75. The predicted octanol–water partition coefficient (Wildman–Crippen LogP) is 5.02. The Morgan fingerprint density at radius 2 is 1.78 bits per heavy atom. The summed E-state index contributed by atoms with van der Waals surface area (Å²) in [5.74, 6) is -2.00. The van der Waals surface area contributed by atoms with Crippen LogP contribution in [0.3, 0.4) is 0 Å². The summed E-state index contributed by atoms with van der Waals surface area (Å²) < 4.78 is 31.3. The zero-order valence-corrected chi connectivity index (χ0v) is 14.8. The van der Waals surface area contributed by atoms with Gasteiger partial charge in [-0.2, -0.15) is 0 Å². The second-order valence-electron chi connectivity index (χ2n) is 5.52. The summed E-state index contributed by atoms with van der Waals surface area (Å²) in [5.41, 5.74) is 1.61. The van der Waals surface area contributed by atoms with Crippen molar-refractivity contribution in [2.45, 2.75) is 0 Å². The molecule has 8 heteroatoms. The number of nitrogens with one attached hydrogen (secondary N) is 2. The van der Waals surface area contributed by atoms with Crippen molar-refractivity contribution in [2.75, 3.05) is 17.7 Å². The number of pyridine rings is 1. The largest absolute Gasteiger partial charge is 0.495 e. The van der Waals surface area contributed by atoms with Crippen molar-refractivity contribution in [2.24, 2.45) is 0 Å². The molecule has 0 saturated heterocycles. The summed E-state index contributed by atoms with van der Waals surface area (Å²) in [6.45, 7) is 0. The molecule has 0 radical (unpaired) electrons. The van der Waals surface area contributed by atoms with Crippen LogP contribution in [0, 0.1) is 11.6 Å². The van der Waals surface area contributed by atoms with Crippen molar-refractivity contribution in [1.82, 2.24) is 4.98 Å². The lowest BCUT2D eigenvalue weighted by Gasteiger charge is -2.10. The molecule has 3 aromatic rings. The zero-order valence-electron chi connectivity index (χ0n) is 14.1. The minimum Gasteiger partial charge on any atom is -0.495 e. The maximum atomic E-state index is 13.3. The Kier molecular flexibility index (Phi) is 5.52. The molecule has 3 rings (SSSR count). The molecule has 0 fully saturated rings. The van der Waals surface area contributed by atoms with Gasteiger partial charge in [-0.3, -0.25) is 9.78 Å². The number of nitrogens with zero attached hydrogens (tertiary/aromatic N) is 1. The summed E-state index contributed by atoms with van der Waals surface area (Å²) >= 11 is 6.09. The van der Waals surface area contributed by atoms with Crippen molar-refractivity contribution >= 4 is 34.6 Å².